The topological polar surface area (TPSA) is 72.9 Å². The number of nitrogens with two attached hydrogens (primary N) is 1. The summed E-state index contributed by atoms with van der Waals surface area (Å²) >= 11 is 4.84. The molecule has 1 rings (SSSR count). The summed E-state index contributed by atoms with van der Waals surface area (Å²) in [5, 5.41) is 6.68. The van der Waals surface area contributed by atoms with E-state index in [1.165, 1.54) is 0 Å². The summed E-state index contributed by atoms with van der Waals surface area (Å²) in [5.41, 5.74) is 5.14. The van der Waals surface area contributed by atoms with E-state index in [-0.39, 0.29) is 10.9 Å². The number of aromatic nitrogens is 2. The lowest BCUT2D eigenvalue weighted by Crippen LogP contribution is -2.52. The van der Waals surface area contributed by atoms with Crippen LogP contribution in [0.2, 0.25) is 0 Å². The molecule has 0 fully saturated rings. The monoisotopic (exact) mass is 226 g/mol. The molecule has 0 saturated carbocycles. The zero-order valence-corrected chi connectivity index (χ0v) is 9.76. The molecule has 0 aliphatic carbocycles. The van der Waals surface area contributed by atoms with Crippen molar-refractivity contribution in [2.24, 2.45) is 12.8 Å². The van der Waals surface area contributed by atoms with Gasteiger partial charge in [0.2, 0.25) is 0 Å². The molecule has 0 unspecified atom stereocenters. The zero-order chi connectivity index (χ0) is 11.6. The van der Waals surface area contributed by atoms with Crippen LogP contribution in [0.1, 0.15) is 24.3 Å². The summed E-state index contributed by atoms with van der Waals surface area (Å²) < 4.78 is 1.56. The number of thiocarbonyl (C=S) groups is 1. The third kappa shape index (κ3) is 2.76. The Morgan fingerprint density at radius 1 is 1.67 bits per heavy atom. The van der Waals surface area contributed by atoms with Crippen LogP contribution < -0.4 is 11.1 Å². The van der Waals surface area contributed by atoms with Gasteiger partial charge in [0.05, 0.1) is 10.5 Å². The molecule has 82 valence electrons. The molecule has 0 aromatic carbocycles. The van der Waals surface area contributed by atoms with Gasteiger partial charge in [0.25, 0.3) is 5.91 Å². The number of hydrogen-bond acceptors (Lipinski definition) is 3. The van der Waals surface area contributed by atoms with Crippen molar-refractivity contribution in [3.63, 3.8) is 0 Å². The van der Waals surface area contributed by atoms with E-state index in [9.17, 15) is 4.79 Å². The molecule has 0 aliphatic rings. The van der Waals surface area contributed by atoms with Gasteiger partial charge in [-0.25, -0.2) is 0 Å². The molecule has 0 spiro atoms. The molecule has 0 atom stereocenters. The molecule has 0 bridgehead atoms. The van der Waals surface area contributed by atoms with E-state index in [0.717, 1.165) is 0 Å². The number of nitrogens with one attached hydrogen (secondary N) is 1. The number of amides is 1. The Morgan fingerprint density at radius 3 is 2.67 bits per heavy atom. The highest BCUT2D eigenvalue weighted by molar-refractivity contribution is 7.80. The van der Waals surface area contributed by atoms with Gasteiger partial charge in [-0.15, -0.1) is 0 Å². The maximum absolute atomic E-state index is 11.7. The second kappa shape index (κ2) is 3.98. The molecule has 15 heavy (non-hydrogen) atoms. The van der Waals surface area contributed by atoms with Gasteiger partial charge >= 0.3 is 0 Å². The van der Waals surface area contributed by atoms with Crippen LogP contribution in [-0.4, -0.2) is 26.2 Å². The minimum atomic E-state index is -0.704. The number of rotatable bonds is 3. The van der Waals surface area contributed by atoms with Crippen LogP contribution in [0.25, 0.3) is 0 Å². The average molecular weight is 226 g/mol. The van der Waals surface area contributed by atoms with Crippen molar-refractivity contribution in [3.05, 3.63) is 18.0 Å². The zero-order valence-electron chi connectivity index (χ0n) is 8.94. The van der Waals surface area contributed by atoms with Crippen molar-refractivity contribution in [1.82, 2.24) is 15.1 Å². The first-order chi connectivity index (χ1) is 6.83. The van der Waals surface area contributed by atoms with E-state index in [4.69, 9.17) is 18.0 Å². The predicted octanol–water partition coefficient (Wildman–Crippen LogP) is 0.215. The molecule has 0 radical (unpaired) electrons. The standard InChI is InChI=1S/C9H14N4OS/c1-9(2,8(10)15)11-7(14)6-4-5-13(3)12-6/h4-5H,1-3H3,(H2,10,15)(H,11,14). The Morgan fingerprint density at radius 2 is 2.27 bits per heavy atom. The highest BCUT2D eigenvalue weighted by Gasteiger charge is 2.24. The number of aryl methyl sites for hydroxylation is 1. The second-order valence-electron chi connectivity index (χ2n) is 3.82. The summed E-state index contributed by atoms with van der Waals surface area (Å²) in [6.45, 7) is 3.49. The first-order valence-electron chi connectivity index (χ1n) is 4.45. The van der Waals surface area contributed by atoms with Crippen LogP contribution in [0.5, 0.6) is 0 Å². The molecular formula is C9H14N4OS. The molecule has 3 N–H and O–H groups in total. The lowest BCUT2D eigenvalue weighted by atomic mass is 10.1. The average Bonchev–Trinajstić information content (AvgIpc) is 2.50. The van der Waals surface area contributed by atoms with Gasteiger partial charge in [0, 0.05) is 13.2 Å². The van der Waals surface area contributed by atoms with Crippen molar-refractivity contribution in [3.8, 4) is 0 Å². The van der Waals surface area contributed by atoms with Gasteiger partial charge in [0.15, 0.2) is 0 Å². The summed E-state index contributed by atoms with van der Waals surface area (Å²) in [7, 11) is 1.75. The van der Waals surface area contributed by atoms with Crippen LogP contribution in [0, 0.1) is 0 Å². The number of carbonyl (C=O) groups is 1. The molecular weight excluding hydrogens is 212 g/mol. The minimum Gasteiger partial charge on any atom is -0.391 e. The van der Waals surface area contributed by atoms with Crippen LogP contribution in [0.4, 0.5) is 0 Å². The highest BCUT2D eigenvalue weighted by atomic mass is 32.1. The fourth-order valence-electron chi connectivity index (χ4n) is 0.946. The lowest BCUT2D eigenvalue weighted by molar-refractivity contribution is 0.0926. The molecule has 1 amide bonds. The lowest BCUT2D eigenvalue weighted by Gasteiger charge is -2.24. The van der Waals surface area contributed by atoms with Gasteiger partial charge in [-0.3, -0.25) is 9.48 Å². The Kier molecular flexibility index (Phi) is 3.09. The predicted molar refractivity (Wildman–Crippen MR) is 61.5 cm³/mol. The Bertz CT molecular complexity index is 397. The third-order valence-corrected chi connectivity index (χ3v) is 2.50. The Balaban J connectivity index is 2.76. The van der Waals surface area contributed by atoms with Gasteiger partial charge < -0.3 is 11.1 Å². The molecule has 0 aliphatic heterocycles. The van der Waals surface area contributed by atoms with Gasteiger partial charge in [-0.1, -0.05) is 12.2 Å². The maximum atomic E-state index is 11.7. The van der Waals surface area contributed by atoms with Crippen molar-refractivity contribution >= 4 is 23.1 Å². The van der Waals surface area contributed by atoms with Crippen LogP contribution in [0.15, 0.2) is 12.3 Å². The van der Waals surface area contributed by atoms with Gasteiger partial charge in [-0.05, 0) is 19.9 Å². The van der Waals surface area contributed by atoms with E-state index in [2.05, 4.69) is 10.4 Å². The fraction of sp³-hybridized carbons (Fsp3) is 0.444. The smallest absolute Gasteiger partial charge is 0.272 e. The summed E-state index contributed by atoms with van der Waals surface area (Å²) in [6.07, 6.45) is 1.70. The van der Waals surface area contributed by atoms with Gasteiger partial charge in [-0.2, -0.15) is 5.10 Å². The molecule has 1 aromatic heterocycles. The van der Waals surface area contributed by atoms with Crippen molar-refractivity contribution in [2.45, 2.75) is 19.4 Å². The van der Waals surface area contributed by atoms with Crippen molar-refractivity contribution in [2.75, 3.05) is 0 Å². The van der Waals surface area contributed by atoms with Crippen molar-refractivity contribution < 1.29 is 4.79 Å². The fourth-order valence-corrected chi connectivity index (χ4v) is 0.997. The number of nitrogens with zero attached hydrogens (tertiary/aromatic N) is 2. The Hall–Kier alpha value is -1.43. The summed E-state index contributed by atoms with van der Waals surface area (Å²) in [6, 6.07) is 1.63. The Labute approximate surface area is 93.6 Å². The van der Waals surface area contributed by atoms with Crippen LogP contribution in [0.3, 0.4) is 0 Å². The quantitative estimate of drug-likeness (QED) is 0.723. The highest BCUT2D eigenvalue weighted by Crippen LogP contribution is 2.04. The van der Waals surface area contributed by atoms with Crippen LogP contribution >= 0.6 is 12.2 Å². The maximum Gasteiger partial charge on any atom is 0.272 e. The first kappa shape index (κ1) is 11.6. The van der Waals surface area contributed by atoms with Crippen molar-refractivity contribution in [1.29, 1.82) is 0 Å². The SMILES string of the molecule is Cn1ccc(C(=O)NC(C)(C)C(N)=S)n1. The number of hydrogen-bond donors (Lipinski definition) is 2. The molecule has 1 aromatic rings. The summed E-state index contributed by atoms with van der Waals surface area (Å²) in [4.78, 5) is 11.9. The molecule has 0 saturated heterocycles. The first-order valence-corrected chi connectivity index (χ1v) is 4.86. The van der Waals surface area contributed by atoms with E-state index >= 15 is 0 Å². The minimum absolute atomic E-state index is 0.242. The van der Waals surface area contributed by atoms with E-state index in [0.29, 0.717) is 5.69 Å². The van der Waals surface area contributed by atoms with E-state index in [1.807, 2.05) is 0 Å². The number of carbonyl (C=O) groups excluding carboxylic acids is 1. The van der Waals surface area contributed by atoms with E-state index < -0.39 is 5.54 Å². The van der Waals surface area contributed by atoms with Gasteiger partial charge in [0.1, 0.15) is 5.69 Å². The largest absolute Gasteiger partial charge is 0.391 e. The molecule has 5 nitrogen and oxygen atoms in total. The summed E-state index contributed by atoms with van der Waals surface area (Å²) in [5.74, 6) is -0.284. The van der Waals surface area contributed by atoms with E-state index in [1.54, 1.807) is 37.8 Å². The second-order valence-corrected chi connectivity index (χ2v) is 4.26. The molecule has 1 heterocycles. The molecule has 6 heteroatoms. The normalized spacial score (nSPS) is 11.1. The van der Waals surface area contributed by atoms with Crippen LogP contribution in [-0.2, 0) is 7.05 Å². The third-order valence-electron chi connectivity index (χ3n) is 1.99.